The van der Waals surface area contributed by atoms with E-state index >= 15 is 0 Å². The van der Waals surface area contributed by atoms with Crippen molar-refractivity contribution in [3.8, 4) is 0 Å². The number of hydrogen-bond donors (Lipinski definition) is 2. The van der Waals surface area contributed by atoms with Crippen molar-refractivity contribution in [3.05, 3.63) is 0 Å². The van der Waals surface area contributed by atoms with E-state index in [4.69, 9.17) is 0 Å². The first kappa shape index (κ1) is 13.3. The minimum absolute atomic E-state index is 0.105. The Hall–Kier alpha value is -1.10. The average Bonchev–Trinajstić information content (AvgIpc) is 2.52. The first-order chi connectivity index (χ1) is 8.70. The summed E-state index contributed by atoms with van der Waals surface area (Å²) in [4.78, 5) is 18.9. The van der Waals surface area contributed by atoms with E-state index < -0.39 is 5.54 Å². The van der Waals surface area contributed by atoms with Gasteiger partial charge in [0.1, 0.15) is 5.54 Å². The van der Waals surface area contributed by atoms with Crippen LogP contribution in [0.5, 0.6) is 0 Å². The second-order valence-electron chi connectivity index (χ2n) is 5.18. The van der Waals surface area contributed by atoms with E-state index in [1.54, 1.807) is 0 Å². The molecule has 0 aromatic carbocycles. The van der Waals surface area contributed by atoms with Crippen molar-refractivity contribution >= 4 is 11.9 Å². The Bertz CT molecular complexity index is 342. The molecule has 0 bridgehead atoms. The molecule has 102 valence electrons. The van der Waals surface area contributed by atoms with Gasteiger partial charge in [0.05, 0.1) is 0 Å². The van der Waals surface area contributed by atoms with Crippen LogP contribution in [0.2, 0.25) is 0 Å². The highest BCUT2D eigenvalue weighted by Crippen LogP contribution is 2.25. The molecular weight excluding hydrogens is 228 g/mol. The van der Waals surface area contributed by atoms with Gasteiger partial charge in [-0.3, -0.25) is 15.1 Å². The number of carbonyl (C=O) groups is 1. The van der Waals surface area contributed by atoms with Crippen LogP contribution in [-0.2, 0) is 4.79 Å². The summed E-state index contributed by atoms with van der Waals surface area (Å²) in [5.41, 5.74) is -0.406. The maximum atomic E-state index is 12.2. The van der Waals surface area contributed by atoms with Crippen LogP contribution in [0.1, 0.15) is 39.5 Å². The van der Waals surface area contributed by atoms with Gasteiger partial charge in [-0.1, -0.05) is 6.92 Å². The molecule has 1 unspecified atom stereocenters. The molecule has 1 atom stereocenters. The van der Waals surface area contributed by atoms with E-state index in [9.17, 15) is 4.79 Å². The van der Waals surface area contributed by atoms with E-state index in [0.29, 0.717) is 12.5 Å². The second-order valence-corrected chi connectivity index (χ2v) is 5.18. The molecule has 1 spiro atoms. The maximum Gasteiger partial charge on any atom is 0.252 e. The average molecular weight is 252 g/mol. The lowest BCUT2D eigenvalue weighted by atomic mass is 9.91. The highest BCUT2D eigenvalue weighted by atomic mass is 16.2. The van der Waals surface area contributed by atoms with Gasteiger partial charge < -0.3 is 10.2 Å². The zero-order valence-corrected chi connectivity index (χ0v) is 11.5. The number of aliphatic imine (C=N–C) groups is 1. The van der Waals surface area contributed by atoms with E-state index in [0.717, 1.165) is 38.9 Å². The van der Waals surface area contributed by atoms with Crippen molar-refractivity contribution in [3.63, 3.8) is 0 Å². The molecule has 2 aliphatic heterocycles. The van der Waals surface area contributed by atoms with Gasteiger partial charge in [0.2, 0.25) is 0 Å². The minimum atomic E-state index is -0.406. The Kier molecular flexibility index (Phi) is 4.22. The van der Waals surface area contributed by atoms with Gasteiger partial charge in [0, 0.05) is 13.1 Å². The highest BCUT2D eigenvalue weighted by molar-refractivity contribution is 6.09. The van der Waals surface area contributed by atoms with Crippen LogP contribution in [0.3, 0.4) is 0 Å². The van der Waals surface area contributed by atoms with Gasteiger partial charge >= 0.3 is 0 Å². The number of carbonyl (C=O) groups excluding carboxylic acids is 1. The first-order valence-corrected chi connectivity index (χ1v) is 7.06. The lowest BCUT2D eigenvalue weighted by Crippen LogP contribution is -2.47. The topological polar surface area (TPSA) is 56.7 Å². The third kappa shape index (κ3) is 2.66. The standard InChI is InChI=1S/C13H24N4O/c1-3-8-17-9-5-6-13(7-10-17)11(18)15-12(16-13)14-4-2/h3-10H2,1-2H3,(H2,14,15,16,18). The van der Waals surface area contributed by atoms with Gasteiger partial charge in [0.15, 0.2) is 5.96 Å². The maximum absolute atomic E-state index is 12.2. The Morgan fingerprint density at radius 1 is 1.33 bits per heavy atom. The van der Waals surface area contributed by atoms with E-state index in [1.807, 2.05) is 6.92 Å². The second kappa shape index (κ2) is 5.69. The summed E-state index contributed by atoms with van der Waals surface area (Å²) < 4.78 is 0. The van der Waals surface area contributed by atoms with E-state index in [1.165, 1.54) is 6.42 Å². The predicted molar refractivity (Wildman–Crippen MR) is 72.6 cm³/mol. The molecule has 1 amide bonds. The molecule has 5 heteroatoms. The molecule has 18 heavy (non-hydrogen) atoms. The summed E-state index contributed by atoms with van der Waals surface area (Å²) >= 11 is 0. The van der Waals surface area contributed by atoms with Crippen LogP contribution >= 0.6 is 0 Å². The van der Waals surface area contributed by atoms with E-state index in [-0.39, 0.29) is 5.91 Å². The lowest BCUT2D eigenvalue weighted by Gasteiger charge is -2.25. The van der Waals surface area contributed by atoms with Crippen LogP contribution in [0.4, 0.5) is 0 Å². The van der Waals surface area contributed by atoms with Crippen molar-refractivity contribution in [1.29, 1.82) is 0 Å². The molecule has 0 aliphatic carbocycles. The van der Waals surface area contributed by atoms with Crippen LogP contribution < -0.4 is 10.6 Å². The van der Waals surface area contributed by atoms with Crippen LogP contribution in [0.25, 0.3) is 0 Å². The predicted octanol–water partition coefficient (Wildman–Crippen LogP) is 0.716. The normalized spacial score (nSPS) is 31.4. The van der Waals surface area contributed by atoms with Gasteiger partial charge in [-0.25, -0.2) is 0 Å². The zero-order chi connectivity index (χ0) is 13.0. The molecule has 2 fully saturated rings. The summed E-state index contributed by atoms with van der Waals surface area (Å²) in [5, 5.41) is 6.19. The number of rotatable bonds is 3. The lowest BCUT2D eigenvalue weighted by molar-refractivity contribution is -0.124. The summed E-state index contributed by atoms with van der Waals surface area (Å²) in [6, 6.07) is 0. The van der Waals surface area contributed by atoms with Crippen molar-refractivity contribution in [2.75, 3.05) is 26.2 Å². The minimum Gasteiger partial charge on any atom is -0.342 e. The molecule has 2 N–H and O–H groups in total. The molecule has 2 heterocycles. The quantitative estimate of drug-likeness (QED) is 0.778. The fourth-order valence-corrected chi connectivity index (χ4v) is 2.86. The highest BCUT2D eigenvalue weighted by Gasteiger charge is 2.45. The zero-order valence-electron chi connectivity index (χ0n) is 11.5. The van der Waals surface area contributed by atoms with Gasteiger partial charge in [-0.15, -0.1) is 0 Å². The summed E-state index contributed by atoms with van der Waals surface area (Å²) in [5.74, 6) is 0.763. The molecule has 2 rings (SSSR count). The molecule has 5 nitrogen and oxygen atoms in total. The van der Waals surface area contributed by atoms with Crippen molar-refractivity contribution in [2.24, 2.45) is 4.99 Å². The van der Waals surface area contributed by atoms with Crippen molar-refractivity contribution in [2.45, 2.75) is 45.1 Å². The number of hydrogen-bond acceptors (Lipinski definition) is 3. The molecule has 2 saturated heterocycles. The smallest absolute Gasteiger partial charge is 0.252 e. The number of amides is 1. The summed E-state index contributed by atoms with van der Waals surface area (Å²) in [6.07, 6.45) is 4.03. The third-order valence-corrected chi connectivity index (χ3v) is 3.81. The van der Waals surface area contributed by atoms with Crippen LogP contribution in [0, 0.1) is 0 Å². The largest absolute Gasteiger partial charge is 0.342 e. The van der Waals surface area contributed by atoms with Crippen LogP contribution in [0.15, 0.2) is 4.99 Å². The Morgan fingerprint density at radius 2 is 2.17 bits per heavy atom. The number of guanidine groups is 1. The van der Waals surface area contributed by atoms with Crippen molar-refractivity contribution < 1.29 is 4.79 Å². The Morgan fingerprint density at radius 3 is 2.89 bits per heavy atom. The number of likely N-dealkylation sites (tertiary alicyclic amines) is 1. The Balaban J connectivity index is 2.04. The molecular formula is C13H24N4O. The summed E-state index contributed by atoms with van der Waals surface area (Å²) in [6.45, 7) is 8.10. The molecule has 0 aromatic heterocycles. The van der Waals surface area contributed by atoms with Gasteiger partial charge in [0.25, 0.3) is 5.91 Å². The monoisotopic (exact) mass is 252 g/mol. The third-order valence-electron chi connectivity index (χ3n) is 3.81. The molecule has 0 aromatic rings. The molecule has 0 saturated carbocycles. The molecule has 2 aliphatic rings. The van der Waals surface area contributed by atoms with Gasteiger partial charge in [-0.05, 0) is 45.7 Å². The summed E-state index contributed by atoms with van der Waals surface area (Å²) in [7, 11) is 0. The van der Waals surface area contributed by atoms with Crippen molar-refractivity contribution in [1.82, 2.24) is 15.5 Å². The number of nitrogens with zero attached hydrogens (tertiary/aromatic N) is 2. The number of nitrogens with one attached hydrogen (secondary N) is 2. The first-order valence-electron chi connectivity index (χ1n) is 7.06. The van der Waals surface area contributed by atoms with Crippen LogP contribution in [-0.4, -0.2) is 48.5 Å². The van der Waals surface area contributed by atoms with E-state index in [2.05, 4.69) is 27.4 Å². The Labute approximate surface area is 109 Å². The SMILES string of the molecule is CCCN1CCCC2(CC1)NC(=NCC)NC2=O. The molecule has 0 radical (unpaired) electrons. The fourth-order valence-electron chi connectivity index (χ4n) is 2.86. The fraction of sp³-hybridized carbons (Fsp3) is 0.846. The van der Waals surface area contributed by atoms with Gasteiger partial charge in [-0.2, -0.15) is 0 Å².